The smallest absolute Gasteiger partial charge is 0.328 e. The van der Waals surface area contributed by atoms with Gasteiger partial charge in [-0.15, -0.1) is 0 Å². The number of fused-ring (bicyclic) bond motifs is 1. The second kappa shape index (κ2) is 4.06. The Morgan fingerprint density at radius 2 is 1.75 bits per heavy atom. The van der Waals surface area contributed by atoms with E-state index in [4.69, 9.17) is 5.11 Å². The monoisotopic (exact) mass is 214 g/mol. The fraction of sp³-hybridized carbons (Fsp3) is 0. The van der Waals surface area contributed by atoms with Crippen molar-refractivity contribution in [2.75, 3.05) is 0 Å². The Morgan fingerprint density at radius 1 is 1.06 bits per heavy atom. The molecule has 0 radical (unpaired) electrons. The molecule has 2 aromatic rings. The molecule has 0 atom stereocenters. The van der Waals surface area contributed by atoms with Crippen LogP contribution in [0.3, 0.4) is 0 Å². The summed E-state index contributed by atoms with van der Waals surface area (Å²) in [7, 11) is 0. The van der Waals surface area contributed by atoms with Crippen LogP contribution in [0, 0.1) is 0 Å². The third-order valence-corrected chi connectivity index (χ3v) is 2.27. The number of carboxylic acids is 1. The van der Waals surface area contributed by atoms with E-state index < -0.39 is 5.97 Å². The van der Waals surface area contributed by atoms with E-state index in [1.807, 2.05) is 12.1 Å². The Balaban J connectivity index is 2.44. The van der Waals surface area contributed by atoms with E-state index in [-0.39, 0.29) is 5.75 Å². The van der Waals surface area contributed by atoms with Crippen molar-refractivity contribution in [3.8, 4) is 5.75 Å². The quantitative estimate of drug-likeness (QED) is 0.755. The first-order valence-electron chi connectivity index (χ1n) is 4.79. The average Bonchev–Trinajstić information content (AvgIpc) is 2.26. The van der Waals surface area contributed by atoms with Crippen LogP contribution in [0.15, 0.2) is 42.5 Å². The summed E-state index contributed by atoms with van der Waals surface area (Å²) >= 11 is 0. The zero-order valence-electron chi connectivity index (χ0n) is 8.42. The van der Waals surface area contributed by atoms with Gasteiger partial charge in [0.2, 0.25) is 0 Å². The Bertz CT molecular complexity index is 570. The minimum Gasteiger partial charge on any atom is -0.508 e. The molecule has 3 heteroatoms. The van der Waals surface area contributed by atoms with Crippen molar-refractivity contribution >= 4 is 22.8 Å². The molecule has 3 nitrogen and oxygen atoms in total. The highest BCUT2D eigenvalue weighted by atomic mass is 16.4. The molecule has 0 amide bonds. The number of hydrogen-bond acceptors (Lipinski definition) is 2. The second-order valence-electron chi connectivity index (χ2n) is 3.46. The Morgan fingerprint density at radius 3 is 2.50 bits per heavy atom. The number of benzene rings is 2. The average molecular weight is 214 g/mol. The van der Waals surface area contributed by atoms with Crippen LogP contribution in [0.5, 0.6) is 5.75 Å². The first kappa shape index (κ1) is 10.2. The summed E-state index contributed by atoms with van der Waals surface area (Å²) in [5, 5.41) is 19.7. The molecule has 0 spiro atoms. The van der Waals surface area contributed by atoms with Crippen LogP contribution < -0.4 is 0 Å². The van der Waals surface area contributed by atoms with Gasteiger partial charge < -0.3 is 10.2 Å². The molecule has 0 unspecified atom stereocenters. The molecule has 2 aromatic carbocycles. The highest BCUT2D eigenvalue weighted by Gasteiger charge is 1.96. The van der Waals surface area contributed by atoms with Gasteiger partial charge in [0.25, 0.3) is 0 Å². The molecule has 0 heterocycles. The van der Waals surface area contributed by atoms with Crippen LogP contribution >= 0.6 is 0 Å². The summed E-state index contributed by atoms with van der Waals surface area (Å²) in [6, 6.07) is 10.6. The van der Waals surface area contributed by atoms with Crippen molar-refractivity contribution in [1.29, 1.82) is 0 Å². The van der Waals surface area contributed by atoms with Crippen LogP contribution in [0.4, 0.5) is 0 Å². The molecular weight excluding hydrogens is 204 g/mol. The number of aliphatic carboxylic acids is 1. The normalized spacial score (nSPS) is 11.0. The van der Waals surface area contributed by atoms with Crippen LogP contribution in [0.2, 0.25) is 0 Å². The van der Waals surface area contributed by atoms with E-state index in [0.717, 1.165) is 22.4 Å². The molecule has 2 rings (SSSR count). The Kier molecular flexibility index (Phi) is 2.60. The fourth-order valence-electron chi connectivity index (χ4n) is 1.52. The minimum atomic E-state index is -0.967. The molecular formula is C13H10O3. The Hall–Kier alpha value is -2.29. The zero-order chi connectivity index (χ0) is 11.5. The summed E-state index contributed by atoms with van der Waals surface area (Å²) in [6.45, 7) is 0. The molecule has 0 saturated carbocycles. The van der Waals surface area contributed by atoms with Gasteiger partial charge in [-0.3, -0.25) is 0 Å². The van der Waals surface area contributed by atoms with Crippen LogP contribution in [0.25, 0.3) is 16.8 Å². The van der Waals surface area contributed by atoms with Crippen LogP contribution in [0.1, 0.15) is 5.56 Å². The molecule has 80 valence electrons. The number of rotatable bonds is 2. The van der Waals surface area contributed by atoms with Gasteiger partial charge in [0.05, 0.1) is 0 Å². The van der Waals surface area contributed by atoms with Crippen molar-refractivity contribution in [3.63, 3.8) is 0 Å². The Labute approximate surface area is 92.3 Å². The molecule has 0 saturated heterocycles. The largest absolute Gasteiger partial charge is 0.508 e. The summed E-state index contributed by atoms with van der Waals surface area (Å²) in [5.41, 5.74) is 0.820. The standard InChI is InChI=1S/C13H10O3/c14-12-5-4-10-7-9(2-6-13(15)16)1-3-11(10)8-12/h1-8,14H,(H,15,16)/b6-2+. The lowest BCUT2D eigenvalue weighted by molar-refractivity contribution is -0.131. The zero-order valence-corrected chi connectivity index (χ0v) is 8.42. The number of carboxylic acid groups (broad SMARTS) is 1. The van der Waals surface area contributed by atoms with Crippen molar-refractivity contribution in [1.82, 2.24) is 0 Å². The van der Waals surface area contributed by atoms with Crippen molar-refractivity contribution in [3.05, 3.63) is 48.0 Å². The topological polar surface area (TPSA) is 57.5 Å². The fourth-order valence-corrected chi connectivity index (χ4v) is 1.52. The summed E-state index contributed by atoms with van der Waals surface area (Å²) in [5.74, 6) is -0.743. The van der Waals surface area contributed by atoms with Gasteiger partial charge >= 0.3 is 5.97 Å². The van der Waals surface area contributed by atoms with Gasteiger partial charge in [-0.05, 0) is 40.6 Å². The number of phenolic OH excluding ortho intramolecular Hbond substituents is 1. The lowest BCUT2D eigenvalue weighted by atomic mass is 10.1. The van der Waals surface area contributed by atoms with Crippen molar-refractivity contribution in [2.24, 2.45) is 0 Å². The van der Waals surface area contributed by atoms with E-state index in [0.29, 0.717) is 0 Å². The number of phenols is 1. The van der Waals surface area contributed by atoms with Crippen molar-refractivity contribution in [2.45, 2.75) is 0 Å². The molecule has 0 bridgehead atoms. The summed E-state index contributed by atoms with van der Waals surface area (Å²) < 4.78 is 0. The maximum atomic E-state index is 10.4. The van der Waals surface area contributed by atoms with Crippen molar-refractivity contribution < 1.29 is 15.0 Å². The van der Waals surface area contributed by atoms with Crippen LogP contribution in [-0.4, -0.2) is 16.2 Å². The van der Waals surface area contributed by atoms with Gasteiger partial charge in [-0.2, -0.15) is 0 Å². The number of aromatic hydroxyl groups is 1. The van der Waals surface area contributed by atoms with E-state index in [9.17, 15) is 9.90 Å². The molecule has 16 heavy (non-hydrogen) atoms. The van der Waals surface area contributed by atoms with E-state index in [1.165, 1.54) is 6.08 Å². The number of carbonyl (C=O) groups is 1. The first-order chi connectivity index (χ1) is 7.65. The second-order valence-corrected chi connectivity index (χ2v) is 3.46. The van der Waals surface area contributed by atoms with Crippen LogP contribution in [-0.2, 0) is 4.79 Å². The lowest BCUT2D eigenvalue weighted by Crippen LogP contribution is -1.85. The predicted molar refractivity (Wildman–Crippen MR) is 62.3 cm³/mol. The van der Waals surface area contributed by atoms with E-state index in [1.54, 1.807) is 24.3 Å². The minimum absolute atomic E-state index is 0.223. The maximum absolute atomic E-state index is 10.4. The highest BCUT2D eigenvalue weighted by molar-refractivity contribution is 5.89. The van der Waals surface area contributed by atoms with Gasteiger partial charge in [-0.25, -0.2) is 4.79 Å². The summed E-state index contributed by atoms with van der Waals surface area (Å²) in [4.78, 5) is 10.4. The maximum Gasteiger partial charge on any atom is 0.328 e. The highest BCUT2D eigenvalue weighted by Crippen LogP contribution is 2.21. The SMILES string of the molecule is O=C(O)/C=C/c1ccc2cc(O)ccc2c1. The third-order valence-electron chi connectivity index (χ3n) is 2.27. The first-order valence-corrected chi connectivity index (χ1v) is 4.79. The third kappa shape index (κ3) is 2.20. The molecule has 0 fully saturated rings. The van der Waals surface area contributed by atoms with E-state index >= 15 is 0 Å². The molecule has 0 aromatic heterocycles. The van der Waals surface area contributed by atoms with Gasteiger partial charge in [-0.1, -0.05) is 18.2 Å². The molecule has 0 aliphatic carbocycles. The summed E-state index contributed by atoms with van der Waals surface area (Å²) in [6.07, 6.45) is 2.64. The molecule has 2 N–H and O–H groups in total. The lowest BCUT2D eigenvalue weighted by Gasteiger charge is -2.00. The molecule has 0 aliphatic heterocycles. The van der Waals surface area contributed by atoms with E-state index in [2.05, 4.69) is 0 Å². The van der Waals surface area contributed by atoms with Gasteiger partial charge in [0, 0.05) is 6.08 Å². The number of hydrogen-bond donors (Lipinski definition) is 2. The molecule has 0 aliphatic rings. The van der Waals surface area contributed by atoms with Gasteiger partial charge in [0.15, 0.2) is 0 Å². The predicted octanol–water partition coefficient (Wildman–Crippen LogP) is 2.64. The van der Waals surface area contributed by atoms with Gasteiger partial charge in [0.1, 0.15) is 5.75 Å².